The summed E-state index contributed by atoms with van der Waals surface area (Å²) in [4.78, 5) is 11.3. The van der Waals surface area contributed by atoms with E-state index in [0.29, 0.717) is 19.4 Å². The van der Waals surface area contributed by atoms with Crippen LogP contribution in [0.15, 0.2) is 22.7 Å². The summed E-state index contributed by atoms with van der Waals surface area (Å²) in [5, 5.41) is 0. The SMILES string of the molecule is O=C1CCOC(c2cc(I)ccc2Br)C1. The van der Waals surface area contributed by atoms with E-state index in [1.165, 1.54) is 0 Å². The van der Waals surface area contributed by atoms with Crippen molar-refractivity contribution >= 4 is 44.3 Å². The van der Waals surface area contributed by atoms with Gasteiger partial charge in [0.1, 0.15) is 5.78 Å². The van der Waals surface area contributed by atoms with Crippen LogP contribution in [0.2, 0.25) is 0 Å². The number of ether oxygens (including phenoxy) is 1. The van der Waals surface area contributed by atoms with Crippen molar-refractivity contribution in [3.05, 3.63) is 31.8 Å². The fraction of sp³-hybridized carbons (Fsp3) is 0.364. The molecule has 80 valence electrons. The summed E-state index contributed by atoms with van der Waals surface area (Å²) in [7, 11) is 0. The van der Waals surface area contributed by atoms with Crippen molar-refractivity contribution in [2.24, 2.45) is 0 Å². The van der Waals surface area contributed by atoms with Crippen molar-refractivity contribution in [3.63, 3.8) is 0 Å². The number of carbonyl (C=O) groups excluding carboxylic acids is 1. The quantitative estimate of drug-likeness (QED) is 0.697. The normalized spacial score (nSPS) is 21.7. The second-order valence-electron chi connectivity index (χ2n) is 3.52. The third kappa shape index (κ3) is 2.79. The lowest BCUT2D eigenvalue weighted by atomic mass is 10.0. The first-order chi connectivity index (χ1) is 7.16. The molecule has 0 aromatic heterocycles. The van der Waals surface area contributed by atoms with E-state index in [1.807, 2.05) is 12.1 Å². The molecular formula is C11H10BrIO2. The Kier molecular flexibility index (Phi) is 3.79. The molecule has 15 heavy (non-hydrogen) atoms. The fourth-order valence-electron chi connectivity index (χ4n) is 1.64. The van der Waals surface area contributed by atoms with Gasteiger partial charge >= 0.3 is 0 Å². The summed E-state index contributed by atoms with van der Waals surface area (Å²) >= 11 is 5.75. The van der Waals surface area contributed by atoms with E-state index >= 15 is 0 Å². The van der Waals surface area contributed by atoms with Gasteiger partial charge in [-0.15, -0.1) is 0 Å². The smallest absolute Gasteiger partial charge is 0.138 e. The molecular weight excluding hydrogens is 371 g/mol. The highest BCUT2D eigenvalue weighted by Gasteiger charge is 2.23. The molecule has 0 spiro atoms. The first kappa shape index (κ1) is 11.5. The van der Waals surface area contributed by atoms with Gasteiger partial charge in [0.2, 0.25) is 0 Å². The highest BCUT2D eigenvalue weighted by molar-refractivity contribution is 14.1. The molecule has 4 heteroatoms. The van der Waals surface area contributed by atoms with E-state index in [4.69, 9.17) is 4.74 Å². The first-order valence-electron chi connectivity index (χ1n) is 4.75. The average molecular weight is 381 g/mol. The predicted molar refractivity (Wildman–Crippen MR) is 69.8 cm³/mol. The van der Waals surface area contributed by atoms with Crippen molar-refractivity contribution < 1.29 is 9.53 Å². The van der Waals surface area contributed by atoms with E-state index in [-0.39, 0.29) is 11.9 Å². The van der Waals surface area contributed by atoms with Gasteiger partial charge in [-0.1, -0.05) is 15.9 Å². The molecule has 1 aromatic rings. The number of carbonyl (C=O) groups is 1. The van der Waals surface area contributed by atoms with Gasteiger partial charge in [-0.2, -0.15) is 0 Å². The molecule has 0 saturated carbocycles. The number of hydrogen-bond acceptors (Lipinski definition) is 2. The Morgan fingerprint density at radius 3 is 3.00 bits per heavy atom. The van der Waals surface area contributed by atoms with Crippen molar-refractivity contribution in [1.82, 2.24) is 0 Å². The van der Waals surface area contributed by atoms with E-state index in [1.54, 1.807) is 0 Å². The van der Waals surface area contributed by atoms with Crippen LogP contribution in [0, 0.1) is 3.57 Å². The molecule has 0 N–H and O–H groups in total. The largest absolute Gasteiger partial charge is 0.373 e. The molecule has 0 radical (unpaired) electrons. The van der Waals surface area contributed by atoms with Crippen molar-refractivity contribution in [2.45, 2.75) is 18.9 Å². The molecule has 1 saturated heterocycles. The minimum Gasteiger partial charge on any atom is -0.373 e. The number of benzene rings is 1. The highest BCUT2D eigenvalue weighted by Crippen LogP contribution is 2.32. The van der Waals surface area contributed by atoms with Crippen LogP contribution in [0.5, 0.6) is 0 Å². The molecule has 2 nitrogen and oxygen atoms in total. The second kappa shape index (κ2) is 4.93. The van der Waals surface area contributed by atoms with Crippen LogP contribution in [0.1, 0.15) is 24.5 Å². The molecule has 0 amide bonds. The van der Waals surface area contributed by atoms with Gasteiger partial charge in [0.15, 0.2) is 0 Å². The molecule has 0 bridgehead atoms. The summed E-state index contributed by atoms with van der Waals surface area (Å²) in [6, 6.07) is 6.09. The van der Waals surface area contributed by atoms with Crippen molar-refractivity contribution in [2.75, 3.05) is 6.61 Å². The fourth-order valence-corrected chi connectivity index (χ4v) is 2.66. The third-order valence-corrected chi connectivity index (χ3v) is 3.81. The van der Waals surface area contributed by atoms with E-state index in [9.17, 15) is 4.79 Å². The lowest BCUT2D eigenvalue weighted by Crippen LogP contribution is -2.19. The second-order valence-corrected chi connectivity index (χ2v) is 5.62. The molecule has 2 rings (SSSR count). The zero-order valence-electron chi connectivity index (χ0n) is 8.00. The highest BCUT2D eigenvalue weighted by atomic mass is 127. The van der Waals surface area contributed by atoms with Gasteiger partial charge in [0, 0.05) is 20.9 Å². The molecule has 1 heterocycles. The Labute approximate surface area is 111 Å². The predicted octanol–water partition coefficient (Wildman–Crippen LogP) is 3.47. The summed E-state index contributed by atoms with van der Waals surface area (Å²) in [5.41, 5.74) is 1.08. The maximum absolute atomic E-state index is 11.3. The van der Waals surface area contributed by atoms with E-state index in [0.717, 1.165) is 13.6 Å². The van der Waals surface area contributed by atoms with Gasteiger partial charge in [-0.25, -0.2) is 0 Å². The molecule has 1 fully saturated rings. The molecule has 0 aliphatic carbocycles. The molecule has 1 aromatic carbocycles. The standard InChI is InChI=1S/C11H10BrIO2/c12-10-2-1-7(13)5-9(10)11-6-8(14)3-4-15-11/h1-2,5,11H,3-4,6H2. The zero-order chi connectivity index (χ0) is 10.8. The van der Waals surface area contributed by atoms with Gasteiger partial charge in [-0.3, -0.25) is 4.79 Å². The van der Waals surface area contributed by atoms with E-state index in [2.05, 4.69) is 44.6 Å². The lowest BCUT2D eigenvalue weighted by Gasteiger charge is -2.23. The van der Waals surface area contributed by atoms with E-state index < -0.39 is 0 Å². The Morgan fingerprint density at radius 1 is 1.47 bits per heavy atom. The topological polar surface area (TPSA) is 26.3 Å². The Bertz CT molecular complexity index is 392. The van der Waals surface area contributed by atoms with Gasteiger partial charge in [0.25, 0.3) is 0 Å². The number of Topliss-reactive ketones (excluding diaryl/α,β-unsaturated/α-hetero) is 1. The molecule has 1 atom stereocenters. The number of ketones is 1. The number of rotatable bonds is 1. The number of halogens is 2. The maximum Gasteiger partial charge on any atom is 0.138 e. The van der Waals surface area contributed by atoms with Gasteiger partial charge < -0.3 is 4.74 Å². The third-order valence-electron chi connectivity index (χ3n) is 2.42. The summed E-state index contributed by atoms with van der Waals surface area (Å²) < 4.78 is 7.79. The van der Waals surface area contributed by atoms with Crippen LogP contribution in [0.25, 0.3) is 0 Å². The van der Waals surface area contributed by atoms with Crippen LogP contribution in [0.4, 0.5) is 0 Å². The Morgan fingerprint density at radius 2 is 2.27 bits per heavy atom. The maximum atomic E-state index is 11.3. The van der Waals surface area contributed by atoms with Crippen molar-refractivity contribution in [3.8, 4) is 0 Å². The molecule has 1 aliphatic heterocycles. The zero-order valence-corrected chi connectivity index (χ0v) is 11.7. The van der Waals surface area contributed by atoms with Crippen LogP contribution in [-0.4, -0.2) is 12.4 Å². The summed E-state index contributed by atoms with van der Waals surface area (Å²) in [6.45, 7) is 0.543. The average Bonchev–Trinajstić information content (AvgIpc) is 2.22. The monoisotopic (exact) mass is 380 g/mol. The molecule has 1 unspecified atom stereocenters. The summed E-state index contributed by atoms with van der Waals surface area (Å²) in [6.07, 6.45) is 0.979. The summed E-state index contributed by atoms with van der Waals surface area (Å²) in [5.74, 6) is 0.289. The van der Waals surface area contributed by atoms with Crippen LogP contribution < -0.4 is 0 Å². The minimum absolute atomic E-state index is 0.0738. The van der Waals surface area contributed by atoms with Crippen LogP contribution in [0.3, 0.4) is 0 Å². The minimum atomic E-state index is -0.0738. The van der Waals surface area contributed by atoms with Crippen LogP contribution >= 0.6 is 38.5 Å². The van der Waals surface area contributed by atoms with Gasteiger partial charge in [-0.05, 0) is 46.4 Å². The Balaban J connectivity index is 2.27. The van der Waals surface area contributed by atoms with Gasteiger partial charge in [0.05, 0.1) is 12.7 Å². The first-order valence-corrected chi connectivity index (χ1v) is 6.62. The van der Waals surface area contributed by atoms with Crippen LogP contribution in [-0.2, 0) is 9.53 Å². The lowest BCUT2D eigenvalue weighted by molar-refractivity contribution is -0.128. The number of hydrogen-bond donors (Lipinski definition) is 0. The molecule has 1 aliphatic rings. The van der Waals surface area contributed by atoms with Crippen molar-refractivity contribution in [1.29, 1.82) is 0 Å². The Hall–Kier alpha value is 0.0600.